The predicted octanol–water partition coefficient (Wildman–Crippen LogP) is 1.08. The molecule has 1 aromatic carbocycles. The van der Waals surface area contributed by atoms with Crippen LogP contribution in [0.15, 0.2) is 30.3 Å². The van der Waals surface area contributed by atoms with Gasteiger partial charge in [0.05, 0.1) is 13.1 Å². The fraction of sp³-hybridized carbons (Fsp3) is 0.600. The lowest BCUT2D eigenvalue weighted by molar-refractivity contribution is -0.125. The molecule has 1 atom stereocenters. The van der Waals surface area contributed by atoms with Gasteiger partial charge in [-0.2, -0.15) is 0 Å². The van der Waals surface area contributed by atoms with Gasteiger partial charge in [0.15, 0.2) is 0 Å². The molecule has 1 heterocycles. The van der Waals surface area contributed by atoms with Crippen LogP contribution in [0.2, 0.25) is 0 Å². The van der Waals surface area contributed by atoms with Crippen LogP contribution < -0.4 is 10.6 Å². The molecule has 26 heavy (non-hydrogen) atoms. The van der Waals surface area contributed by atoms with E-state index in [1.165, 1.54) is 0 Å². The van der Waals surface area contributed by atoms with Crippen molar-refractivity contribution < 1.29 is 9.59 Å². The summed E-state index contributed by atoms with van der Waals surface area (Å²) in [6.45, 7) is 10.9. The number of amides is 2. The average Bonchev–Trinajstić information content (AvgIpc) is 2.62. The molecule has 1 aliphatic rings. The molecule has 1 fully saturated rings. The fourth-order valence-corrected chi connectivity index (χ4v) is 2.83. The third-order valence-electron chi connectivity index (χ3n) is 4.92. The Hall–Kier alpha value is -1.92. The van der Waals surface area contributed by atoms with E-state index in [4.69, 9.17) is 0 Å². The minimum absolute atomic E-state index is 0.0470. The molecule has 1 saturated heterocycles. The number of hydrogen-bond donors (Lipinski definition) is 2. The van der Waals surface area contributed by atoms with Crippen molar-refractivity contribution in [3.8, 4) is 0 Å². The molecule has 0 bridgehead atoms. The van der Waals surface area contributed by atoms with Gasteiger partial charge in [-0.15, -0.1) is 0 Å². The number of carbonyl (C=O) groups excluding carboxylic acids is 2. The van der Waals surface area contributed by atoms with Gasteiger partial charge in [0, 0.05) is 38.8 Å². The molecule has 0 saturated carbocycles. The molecule has 0 spiro atoms. The third-order valence-corrected chi connectivity index (χ3v) is 4.92. The number of nitrogens with one attached hydrogen (secondary N) is 2. The zero-order valence-electron chi connectivity index (χ0n) is 16.2. The van der Waals surface area contributed by atoms with Crippen LogP contribution in [0.5, 0.6) is 0 Å². The molecule has 0 aliphatic carbocycles. The summed E-state index contributed by atoms with van der Waals surface area (Å²) in [7, 11) is 0. The summed E-state index contributed by atoms with van der Waals surface area (Å²) in [5.41, 5.74) is 1.10. The van der Waals surface area contributed by atoms with Crippen LogP contribution in [0.4, 0.5) is 0 Å². The van der Waals surface area contributed by atoms with Crippen LogP contribution in [-0.2, 0) is 16.1 Å². The Morgan fingerprint density at radius 3 is 2.00 bits per heavy atom. The van der Waals surface area contributed by atoms with Crippen LogP contribution in [0, 0.1) is 5.92 Å². The summed E-state index contributed by atoms with van der Waals surface area (Å²) < 4.78 is 0. The lowest BCUT2D eigenvalue weighted by atomic mass is 10.1. The van der Waals surface area contributed by atoms with Gasteiger partial charge in [-0.25, -0.2) is 0 Å². The highest BCUT2D eigenvalue weighted by molar-refractivity contribution is 5.78. The molecular formula is C20H32N4O2. The van der Waals surface area contributed by atoms with Gasteiger partial charge in [0.1, 0.15) is 0 Å². The highest BCUT2D eigenvalue weighted by Crippen LogP contribution is 2.03. The standard InChI is InChI=1S/C20H32N4O2/c1-16(2)17(3)22-20(26)15-24-11-9-23(10-12-24)14-19(25)21-13-18-7-5-4-6-8-18/h4-8,16-17H,9-15H2,1-3H3,(H,21,25)(H,22,26). The Morgan fingerprint density at radius 2 is 1.46 bits per heavy atom. The maximum Gasteiger partial charge on any atom is 0.234 e. The van der Waals surface area contributed by atoms with Gasteiger partial charge in [0.25, 0.3) is 0 Å². The lowest BCUT2D eigenvalue weighted by Crippen LogP contribution is -2.52. The van der Waals surface area contributed by atoms with Gasteiger partial charge in [-0.05, 0) is 18.4 Å². The average molecular weight is 361 g/mol. The second-order valence-corrected chi connectivity index (χ2v) is 7.41. The summed E-state index contributed by atoms with van der Waals surface area (Å²) in [5, 5.41) is 6.01. The van der Waals surface area contributed by atoms with Crippen molar-refractivity contribution in [3.05, 3.63) is 35.9 Å². The van der Waals surface area contributed by atoms with Crippen molar-refractivity contribution in [1.29, 1.82) is 0 Å². The fourth-order valence-electron chi connectivity index (χ4n) is 2.83. The first kappa shape index (κ1) is 20.4. The lowest BCUT2D eigenvalue weighted by Gasteiger charge is -2.34. The number of rotatable bonds is 8. The zero-order valence-corrected chi connectivity index (χ0v) is 16.2. The highest BCUT2D eigenvalue weighted by Gasteiger charge is 2.21. The van der Waals surface area contributed by atoms with E-state index >= 15 is 0 Å². The highest BCUT2D eigenvalue weighted by atomic mass is 16.2. The third kappa shape index (κ3) is 7.14. The van der Waals surface area contributed by atoms with Crippen LogP contribution in [-0.4, -0.2) is 66.9 Å². The van der Waals surface area contributed by atoms with Gasteiger partial charge in [0.2, 0.25) is 11.8 Å². The molecule has 2 rings (SSSR count). The van der Waals surface area contributed by atoms with Crippen molar-refractivity contribution >= 4 is 11.8 Å². The van der Waals surface area contributed by atoms with E-state index in [0.717, 1.165) is 31.7 Å². The molecule has 1 aliphatic heterocycles. The van der Waals surface area contributed by atoms with Crippen molar-refractivity contribution in [2.75, 3.05) is 39.3 Å². The second kappa shape index (κ2) is 10.3. The van der Waals surface area contributed by atoms with E-state index < -0.39 is 0 Å². The SMILES string of the molecule is CC(C)C(C)NC(=O)CN1CCN(CC(=O)NCc2ccccc2)CC1. The minimum Gasteiger partial charge on any atom is -0.352 e. The predicted molar refractivity (Wildman–Crippen MR) is 104 cm³/mol. The van der Waals surface area contributed by atoms with E-state index in [1.807, 2.05) is 37.3 Å². The van der Waals surface area contributed by atoms with Gasteiger partial charge in [-0.3, -0.25) is 19.4 Å². The van der Waals surface area contributed by atoms with Crippen LogP contribution in [0.3, 0.4) is 0 Å². The number of carbonyl (C=O) groups is 2. The van der Waals surface area contributed by atoms with E-state index in [9.17, 15) is 9.59 Å². The summed E-state index contributed by atoms with van der Waals surface area (Å²) in [6, 6.07) is 10.1. The number of hydrogen-bond acceptors (Lipinski definition) is 4. The molecule has 6 heteroatoms. The molecule has 1 unspecified atom stereocenters. The van der Waals surface area contributed by atoms with E-state index in [0.29, 0.717) is 25.6 Å². The van der Waals surface area contributed by atoms with E-state index in [-0.39, 0.29) is 17.9 Å². The van der Waals surface area contributed by atoms with Crippen LogP contribution in [0.1, 0.15) is 26.3 Å². The van der Waals surface area contributed by atoms with E-state index in [2.05, 4.69) is 34.3 Å². The molecule has 2 N–H and O–H groups in total. The van der Waals surface area contributed by atoms with Crippen molar-refractivity contribution in [1.82, 2.24) is 20.4 Å². The quantitative estimate of drug-likeness (QED) is 0.728. The Bertz CT molecular complexity index is 568. The summed E-state index contributed by atoms with van der Waals surface area (Å²) in [6.07, 6.45) is 0. The molecule has 0 aromatic heterocycles. The van der Waals surface area contributed by atoms with Crippen LogP contribution >= 0.6 is 0 Å². The molecule has 144 valence electrons. The number of nitrogens with zero attached hydrogens (tertiary/aromatic N) is 2. The zero-order chi connectivity index (χ0) is 18.9. The van der Waals surface area contributed by atoms with Crippen molar-refractivity contribution in [3.63, 3.8) is 0 Å². The molecule has 0 radical (unpaired) electrons. The second-order valence-electron chi connectivity index (χ2n) is 7.41. The van der Waals surface area contributed by atoms with Gasteiger partial charge in [-0.1, -0.05) is 44.2 Å². The summed E-state index contributed by atoms with van der Waals surface area (Å²) in [5.74, 6) is 0.566. The van der Waals surface area contributed by atoms with Crippen molar-refractivity contribution in [2.24, 2.45) is 5.92 Å². The molecule has 6 nitrogen and oxygen atoms in total. The smallest absolute Gasteiger partial charge is 0.234 e. The monoisotopic (exact) mass is 360 g/mol. The Labute approximate surface area is 156 Å². The van der Waals surface area contributed by atoms with Crippen molar-refractivity contribution in [2.45, 2.75) is 33.4 Å². The van der Waals surface area contributed by atoms with Gasteiger partial charge < -0.3 is 10.6 Å². The summed E-state index contributed by atoms with van der Waals surface area (Å²) in [4.78, 5) is 28.5. The Balaban J connectivity index is 1.63. The molecule has 2 amide bonds. The first-order valence-electron chi connectivity index (χ1n) is 9.48. The number of benzene rings is 1. The Morgan fingerprint density at radius 1 is 0.923 bits per heavy atom. The van der Waals surface area contributed by atoms with Crippen LogP contribution in [0.25, 0.3) is 0 Å². The Kier molecular flexibility index (Phi) is 8.06. The normalized spacial score (nSPS) is 17.1. The summed E-state index contributed by atoms with van der Waals surface area (Å²) >= 11 is 0. The largest absolute Gasteiger partial charge is 0.352 e. The first-order chi connectivity index (χ1) is 12.4. The maximum atomic E-state index is 12.1. The maximum absolute atomic E-state index is 12.1. The number of piperazine rings is 1. The topological polar surface area (TPSA) is 64.7 Å². The molecule has 1 aromatic rings. The minimum atomic E-state index is 0.0470. The first-order valence-corrected chi connectivity index (χ1v) is 9.48. The molecular weight excluding hydrogens is 328 g/mol. The van der Waals surface area contributed by atoms with Gasteiger partial charge >= 0.3 is 0 Å². The van der Waals surface area contributed by atoms with E-state index in [1.54, 1.807) is 0 Å².